The molecule has 0 spiro atoms. The number of hydrogen-bond donors (Lipinski definition) is 3. The number of hydrogen-bond acceptors (Lipinski definition) is 7. The van der Waals surface area contributed by atoms with Gasteiger partial charge in [0, 0.05) is 27.8 Å². The predicted octanol–water partition coefficient (Wildman–Crippen LogP) is 6.77. The summed E-state index contributed by atoms with van der Waals surface area (Å²) in [5.41, 5.74) is 1.29. The summed E-state index contributed by atoms with van der Waals surface area (Å²) in [6.07, 6.45) is 1.96. The molecule has 3 N–H and O–H groups in total. The third-order valence-corrected chi connectivity index (χ3v) is 8.09. The number of benzene rings is 4. The van der Waals surface area contributed by atoms with Gasteiger partial charge in [0.2, 0.25) is 5.91 Å². The molecule has 0 saturated heterocycles. The Bertz CT molecular complexity index is 1730. The van der Waals surface area contributed by atoms with Crippen molar-refractivity contribution in [2.75, 3.05) is 32.0 Å². The summed E-state index contributed by atoms with van der Waals surface area (Å²) in [7, 11) is 4.46. The van der Waals surface area contributed by atoms with Gasteiger partial charge in [0.05, 0.1) is 32.3 Å². The van der Waals surface area contributed by atoms with Crippen molar-refractivity contribution in [2.24, 2.45) is 0 Å². The average molecular weight is 644 g/mol. The summed E-state index contributed by atoms with van der Waals surface area (Å²) >= 11 is 1.28. The first-order valence-corrected chi connectivity index (χ1v) is 15.2. The van der Waals surface area contributed by atoms with Crippen LogP contribution in [0.5, 0.6) is 17.2 Å². The molecule has 238 valence electrons. The topological polar surface area (TPSA) is 115 Å². The number of anilines is 2. The highest BCUT2D eigenvalue weighted by atomic mass is 32.2. The van der Waals surface area contributed by atoms with Gasteiger partial charge in [0.15, 0.2) is 11.5 Å². The van der Waals surface area contributed by atoms with Crippen LogP contribution in [0, 0.1) is 5.82 Å². The Balaban J connectivity index is 1.60. The Kier molecular flexibility index (Phi) is 11.8. The lowest BCUT2D eigenvalue weighted by Gasteiger charge is -2.16. The predicted molar refractivity (Wildman–Crippen MR) is 178 cm³/mol. The Hall–Kier alpha value is -5.29. The van der Waals surface area contributed by atoms with Crippen LogP contribution in [0.4, 0.5) is 15.8 Å². The van der Waals surface area contributed by atoms with E-state index in [1.807, 2.05) is 13.0 Å². The largest absolute Gasteiger partial charge is 0.496 e. The number of rotatable bonds is 13. The number of nitrogens with one attached hydrogen (secondary N) is 3. The first-order chi connectivity index (χ1) is 22.3. The van der Waals surface area contributed by atoms with Crippen LogP contribution in [-0.2, 0) is 9.59 Å². The fourth-order valence-corrected chi connectivity index (χ4v) is 5.38. The molecule has 3 amide bonds. The van der Waals surface area contributed by atoms with Crippen LogP contribution in [0.1, 0.15) is 29.3 Å². The van der Waals surface area contributed by atoms with E-state index in [9.17, 15) is 18.8 Å². The lowest BCUT2D eigenvalue weighted by Crippen LogP contribution is -2.30. The monoisotopic (exact) mass is 643 g/mol. The van der Waals surface area contributed by atoms with Gasteiger partial charge in [-0.3, -0.25) is 14.4 Å². The maximum atomic E-state index is 14.1. The first kappa shape index (κ1) is 33.6. The van der Waals surface area contributed by atoms with Gasteiger partial charge >= 0.3 is 0 Å². The number of thioether (sulfide) groups is 1. The highest BCUT2D eigenvalue weighted by Gasteiger charge is 2.21. The number of carbonyl (C=O) groups is 3. The Labute approximate surface area is 271 Å². The number of para-hydroxylation sites is 1. The molecule has 1 atom stereocenters. The van der Waals surface area contributed by atoms with E-state index in [1.165, 1.54) is 51.3 Å². The zero-order valence-corrected chi connectivity index (χ0v) is 26.6. The summed E-state index contributed by atoms with van der Waals surface area (Å²) < 4.78 is 30.4. The normalized spacial score (nSPS) is 11.6. The molecule has 4 rings (SSSR count). The maximum absolute atomic E-state index is 14.1. The van der Waals surface area contributed by atoms with Crippen LogP contribution in [-0.4, -0.2) is 44.3 Å². The molecular formula is C35H34FN3O6S. The molecule has 11 heteroatoms. The second-order valence-electron chi connectivity index (χ2n) is 9.79. The molecule has 0 aliphatic carbocycles. The molecule has 0 aliphatic rings. The molecule has 4 aromatic rings. The fourth-order valence-electron chi connectivity index (χ4n) is 4.37. The number of carbonyl (C=O) groups excluding carboxylic acids is 3. The highest BCUT2D eigenvalue weighted by molar-refractivity contribution is 8.00. The van der Waals surface area contributed by atoms with Crippen LogP contribution in [0.2, 0.25) is 0 Å². The standard InChI is InChI=1S/C35H34FN3O6S/c1-5-32(35(42)38-27-17-10-9-16-26(27)36)46-25-15-11-14-24(20-25)37-34(41)28(39-33(40)22-12-7-6-8-13-22)18-23-19-30(44-3)31(45-4)21-29(23)43-2/h6-21,32H,5H2,1-4H3,(H,37,41)(H,38,42)(H,39,40)/b28-18+. The van der Waals surface area contributed by atoms with Gasteiger partial charge in [-0.2, -0.15) is 0 Å². The minimum absolute atomic E-state index is 0.0619. The van der Waals surface area contributed by atoms with Crippen molar-refractivity contribution < 1.29 is 33.0 Å². The lowest BCUT2D eigenvalue weighted by molar-refractivity contribution is -0.116. The summed E-state index contributed by atoms with van der Waals surface area (Å²) in [4.78, 5) is 40.5. The van der Waals surface area contributed by atoms with Crippen molar-refractivity contribution in [1.29, 1.82) is 0 Å². The van der Waals surface area contributed by atoms with Crippen LogP contribution >= 0.6 is 11.8 Å². The second kappa shape index (κ2) is 16.1. The first-order valence-electron chi connectivity index (χ1n) is 14.3. The number of amides is 3. The molecule has 4 aromatic carbocycles. The van der Waals surface area contributed by atoms with Crippen molar-refractivity contribution in [2.45, 2.75) is 23.5 Å². The van der Waals surface area contributed by atoms with Crippen molar-refractivity contribution >= 4 is 46.9 Å². The molecule has 0 radical (unpaired) electrons. The van der Waals surface area contributed by atoms with Gasteiger partial charge in [0.25, 0.3) is 11.8 Å². The van der Waals surface area contributed by atoms with Crippen molar-refractivity contribution in [1.82, 2.24) is 5.32 Å². The van der Waals surface area contributed by atoms with E-state index < -0.39 is 22.9 Å². The molecule has 0 saturated carbocycles. The lowest BCUT2D eigenvalue weighted by atomic mass is 10.1. The third kappa shape index (κ3) is 8.66. The van der Waals surface area contributed by atoms with Crippen LogP contribution in [0.25, 0.3) is 6.08 Å². The molecule has 9 nitrogen and oxygen atoms in total. The fraction of sp³-hybridized carbons (Fsp3) is 0.171. The number of methoxy groups -OCH3 is 3. The van der Waals surface area contributed by atoms with Gasteiger partial charge in [0.1, 0.15) is 17.3 Å². The van der Waals surface area contributed by atoms with E-state index in [1.54, 1.807) is 72.8 Å². The SMILES string of the molecule is CCC(Sc1cccc(NC(=O)/C(=C\c2cc(OC)c(OC)cc2OC)NC(=O)c2ccccc2)c1)C(=O)Nc1ccccc1F. The van der Waals surface area contributed by atoms with E-state index >= 15 is 0 Å². The van der Waals surface area contributed by atoms with E-state index in [2.05, 4.69) is 16.0 Å². The summed E-state index contributed by atoms with van der Waals surface area (Å²) in [6, 6.07) is 24.7. The van der Waals surface area contributed by atoms with Gasteiger partial charge in [-0.15, -0.1) is 11.8 Å². The van der Waals surface area contributed by atoms with E-state index in [-0.39, 0.29) is 17.3 Å². The Morgan fingerprint density at radius 2 is 1.48 bits per heavy atom. The zero-order chi connectivity index (χ0) is 33.1. The van der Waals surface area contributed by atoms with Crippen molar-refractivity contribution in [3.63, 3.8) is 0 Å². The van der Waals surface area contributed by atoms with Gasteiger partial charge in [-0.1, -0.05) is 43.3 Å². The highest BCUT2D eigenvalue weighted by Crippen LogP contribution is 2.36. The van der Waals surface area contributed by atoms with Gasteiger partial charge in [-0.05, 0) is 61.0 Å². The molecule has 0 fully saturated rings. The molecule has 0 aliphatic heterocycles. The van der Waals surface area contributed by atoms with E-state index in [0.717, 1.165) is 0 Å². The van der Waals surface area contributed by atoms with Gasteiger partial charge in [-0.25, -0.2) is 4.39 Å². The minimum atomic E-state index is -0.604. The summed E-state index contributed by atoms with van der Waals surface area (Å²) in [6.45, 7) is 1.86. The van der Waals surface area contributed by atoms with E-state index in [4.69, 9.17) is 14.2 Å². The van der Waals surface area contributed by atoms with Crippen molar-refractivity contribution in [3.05, 3.63) is 114 Å². The van der Waals surface area contributed by atoms with E-state index in [0.29, 0.717) is 45.4 Å². The second-order valence-corrected chi connectivity index (χ2v) is 11.1. The maximum Gasteiger partial charge on any atom is 0.272 e. The molecule has 0 bridgehead atoms. The molecule has 0 aromatic heterocycles. The smallest absolute Gasteiger partial charge is 0.272 e. The van der Waals surface area contributed by atoms with Crippen LogP contribution in [0.3, 0.4) is 0 Å². The molecular weight excluding hydrogens is 609 g/mol. The summed E-state index contributed by atoms with van der Waals surface area (Å²) in [5.74, 6) is -0.741. The quantitative estimate of drug-likeness (QED) is 0.109. The molecule has 1 unspecified atom stereocenters. The molecule has 46 heavy (non-hydrogen) atoms. The Morgan fingerprint density at radius 1 is 0.804 bits per heavy atom. The molecule has 0 heterocycles. The third-order valence-electron chi connectivity index (χ3n) is 6.73. The van der Waals surface area contributed by atoms with Crippen LogP contribution < -0.4 is 30.2 Å². The van der Waals surface area contributed by atoms with Crippen molar-refractivity contribution in [3.8, 4) is 17.2 Å². The number of ether oxygens (including phenoxy) is 3. The average Bonchev–Trinajstić information content (AvgIpc) is 3.08. The zero-order valence-electron chi connectivity index (χ0n) is 25.8. The van der Waals surface area contributed by atoms with Gasteiger partial charge < -0.3 is 30.2 Å². The number of halogens is 1. The van der Waals surface area contributed by atoms with Crippen LogP contribution in [0.15, 0.2) is 102 Å². The Morgan fingerprint density at radius 3 is 2.15 bits per heavy atom. The summed E-state index contributed by atoms with van der Waals surface area (Å²) in [5, 5.41) is 7.66. The minimum Gasteiger partial charge on any atom is -0.496 e.